The van der Waals surface area contributed by atoms with E-state index in [2.05, 4.69) is 15.9 Å². The molecule has 0 aliphatic carbocycles. The lowest BCUT2D eigenvalue weighted by Gasteiger charge is -2.16. The van der Waals surface area contributed by atoms with Gasteiger partial charge in [-0.15, -0.1) is 11.3 Å². The Balaban J connectivity index is 2.11. The van der Waals surface area contributed by atoms with Gasteiger partial charge in [0.15, 0.2) is 0 Å². The first-order valence-electron chi connectivity index (χ1n) is 5.76. The molecule has 0 saturated heterocycles. The minimum Gasteiger partial charge on any atom is -0.508 e. The number of halogens is 1. The largest absolute Gasteiger partial charge is 0.508 e. The molecule has 1 heterocycles. The van der Waals surface area contributed by atoms with E-state index >= 15 is 0 Å². The number of carbonyl (C=O) groups is 1. The third-order valence-electron chi connectivity index (χ3n) is 2.74. The van der Waals surface area contributed by atoms with Gasteiger partial charge in [-0.3, -0.25) is 4.79 Å². The lowest BCUT2D eigenvalue weighted by Crippen LogP contribution is -2.25. The van der Waals surface area contributed by atoms with Crippen LogP contribution < -0.4 is 0 Å². The Morgan fingerprint density at radius 1 is 1.42 bits per heavy atom. The van der Waals surface area contributed by atoms with Gasteiger partial charge in [0.25, 0.3) is 5.91 Å². The normalized spacial score (nSPS) is 10.5. The van der Waals surface area contributed by atoms with Gasteiger partial charge in [-0.2, -0.15) is 0 Å². The minimum absolute atomic E-state index is 0.0119. The van der Waals surface area contributed by atoms with Gasteiger partial charge in [-0.05, 0) is 52.2 Å². The first kappa shape index (κ1) is 14.1. The summed E-state index contributed by atoms with van der Waals surface area (Å²) in [6, 6.07) is 8.83. The number of hydrogen-bond acceptors (Lipinski definition) is 3. The summed E-state index contributed by atoms with van der Waals surface area (Å²) in [6.45, 7) is 2.44. The summed E-state index contributed by atoms with van der Waals surface area (Å²) in [5, 5.41) is 9.41. The van der Waals surface area contributed by atoms with Crippen molar-refractivity contribution in [1.29, 1.82) is 0 Å². The SMILES string of the molecule is Cc1cc(C(=O)N(C)Cc2cccc(O)c2)sc1Br. The Labute approximate surface area is 124 Å². The van der Waals surface area contributed by atoms with Gasteiger partial charge in [0, 0.05) is 13.6 Å². The monoisotopic (exact) mass is 339 g/mol. The summed E-state index contributed by atoms with van der Waals surface area (Å²) in [5.41, 5.74) is 1.97. The number of phenols is 1. The lowest BCUT2D eigenvalue weighted by molar-refractivity contribution is 0.0789. The molecule has 5 heteroatoms. The number of hydrogen-bond donors (Lipinski definition) is 1. The Kier molecular flexibility index (Phi) is 4.27. The zero-order valence-corrected chi connectivity index (χ0v) is 13.1. The highest BCUT2D eigenvalue weighted by atomic mass is 79.9. The molecule has 19 heavy (non-hydrogen) atoms. The quantitative estimate of drug-likeness (QED) is 0.923. The van der Waals surface area contributed by atoms with E-state index in [-0.39, 0.29) is 11.7 Å². The van der Waals surface area contributed by atoms with Crippen molar-refractivity contribution in [2.45, 2.75) is 13.5 Å². The Bertz CT molecular complexity index is 590. The van der Waals surface area contributed by atoms with Gasteiger partial charge in [-0.1, -0.05) is 12.1 Å². The van der Waals surface area contributed by atoms with Crippen LogP contribution in [0.5, 0.6) is 5.75 Å². The van der Waals surface area contributed by atoms with Gasteiger partial charge in [0.1, 0.15) is 5.75 Å². The zero-order chi connectivity index (χ0) is 14.0. The number of aromatic hydroxyl groups is 1. The van der Waals surface area contributed by atoms with Crippen LogP contribution in [-0.2, 0) is 6.54 Å². The molecule has 1 aromatic heterocycles. The van der Waals surface area contributed by atoms with Crippen molar-refractivity contribution in [2.75, 3.05) is 7.05 Å². The second-order valence-electron chi connectivity index (χ2n) is 4.40. The van der Waals surface area contributed by atoms with Crippen LogP contribution in [0.15, 0.2) is 34.1 Å². The Hall–Kier alpha value is -1.33. The first-order chi connectivity index (χ1) is 8.97. The van der Waals surface area contributed by atoms with Crippen LogP contribution >= 0.6 is 27.3 Å². The second-order valence-corrected chi connectivity index (χ2v) is 6.77. The summed E-state index contributed by atoms with van der Waals surface area (Å²) < 4.78 is 0.988. The van der Waals surface area contributed by atoms with Crippen LogP contribution in [0.4, 0.5) is 0 Å². The lowest BCUT2D eigenvalue weighted by atomic mass is 10.2. The fourth-order valence-corrected chi connectivity index (χ4v) is 3.28. The highest BCUT2D eigenvalue weighted by Crippen LogP contribution is 2.28. The number of amides is 1. The topological polar surface area (TPSA) is 40.5 Å². The van der Waals surface area contributed by atoms with Crippen molar-refractivity contribution in [3.05, 3.63) is 50.1 Å². The molecule has 0 aliphatic heterocycles. The second kappa shape index (κ2) is 5.75. The van der Waals surface area contributed by atoms with Gasteiger partial charge in [0.2, 0.25) is 0 Å². The van der Waals surface area contributed by atoms with Crippen LogP contribution in [0.1, 0.15) is 20.8 Å². The fourth-order valence-electron chi connectivity index (χ4n) is 1.75. The maximum absolute atomic E-state index is 12.3. The van der Waals surface area contributed by atoms with E-state index in [1.54, 1.807) is 30.1 Å². The molecule has 0 unspecified atom stereocenters. The van der Waals surface area contributed by atoms with Crippen LogP contribution in [0, 0.1) is 6.92 Å². The number of thiophene rings is 1. The molecular formula is C14H14BrNO2S. The molecule has 1 aromatic carbocycles. The number of phenolic OH excluding ortho intramolecular Hbond substituents is 1. The van der Waals surface area contributed by atoms with Gasteiger partial charge in [-0.25, -0.2) is 0 Å². The predicted octanol–water partition coefficient (Wildman–Crippen LogP) is 3.80. The van der Waals surface area contributed by atoms with Crippen molar-refractivity contribution in [2.24, 2.45) is 0 Å². The van der Waals surface area contributed by atoms with E-state index in [9.17, 15) is 9.90 Å². The number of nitrogens with zero attached hydrogens (tertiary/aromatic N) is 1. The van der Waals surface area contributed by atoms with E-state index in [4.69, 9.17) is 0 Å². The molecule has 0 atom stereocenters. The zero-order valence-electron chi connectivity index (χ0n) is 10.7. The Morgan fingerprint density at radius 3 is 2.74 bits per heavy atom. The number of aryl methyl sites for hydroxylation is 1. The summed E-state index contributed by atoms with van der Waals surface area (Å²) in [6.07, 6.45) is 0. The van der Waals surface area contributed by atoms with E-state index < -0.39 is 0 Å². The van der Waals surface area contributed by atoms with Crippen molar-refractivity contribution in [3.63, 3.8) is 0 Å². The third-order valence-corrected chi connectivity index (χ3v) is 4.87. The molecule has 2 aromatic rings. The third kappa shape index (κ3) is 3.36. The van der Waals surface area contributed by atoms with Crippen LogP contribution in [0.2, 0.25) is 0 Å². The number of carbonyl (C=O) groups excluding carboxylic acids is 1. The van der Waals surface area contributed by atoms with Gasteiger partial charge in [0.05, 0.1) is 8.66 Å². The molecular weight excluding hydrogens is 326 g/mol. The van der Waals surface area contributed by atoms with E-state index in [1.165, 1.54) is 11.3 Å². The smallest absolute Gasteiger partial charge is 0.264 e. The summed E-state index contributed by atoms with van der Waals surface area (Å²) >= 11 is 4.87. The van der Waals surface area contributed by atoms with Gasteiger partial charge < -0.3 is 10.0 Å². The van der Waals surface area contributed by atoms with Crippen molar-refractivity contribution < 1.29 is 9.90 Å². The molecule has 0 bridgehead atoms. The highest BCUT2D eigenvalue weighted by Gasteiger charge is 2.15. The molecule has 1 amide bonds. The van der Waals surface area contributed by atoms with Gasteiger partial charge >= 0.3 is 0 Å². The molecule has 0 aliphatic rings. The average molecular weight is 340 g/mol. The highest BCUT2D eigenvalue weighted by molar-refractivity contribution is 9.11. The van der Waals surface area contributed by atoms with Crippen LogP contribution in [-0.4, -0.2) is 23.0 Å². The molecule has 0 spiro atoms. The predicted molar refractivity (Wildman–Crippen MR) is 80.7 cm³/mol. The molecule has 100 valence electrons. The van der Waals surface area contributed by atoms with Crippen molar-refractivity contribution in [3.8, 4) is 5.75 Å². The molecule has 0 fully saturated rings. The molecule has 0 radical (unpaired) electrons. The van der Waals surface area contributed by atoms with E-state index in [1.807, 2.05) is 19.1 Å². The van der Waals surface area contributed by atoms with Crippen molar-refractivity contribution >= 4 is 33.2 Å². The Morgan fingerprint density at radius 2 is 2.16 bits per heavy atom. The van der Waals surface area contributed by atoms with E-state index in [0.717, 1.165) is 14.9 Å². The van der Waals surface area contributed by atoms with Crippen LogP contribution in [0.3, 0.4) is 0 Å². The summed E-state index contributed by atoms with van der Waals surface area (Å²) in [5.74, 6) is 0.204. The molecule has 2 rings (SSSR count). The summed E-state index contributed by atoms with van der Waals surface area (Å²) in [7, 11) is 1.76. The average Bonchev–Trinajstić information content (AvgIpc) is 2.68. The number of rotatable bonds is 3. The fraction of sp³-hybridized carbons (Fsp3) is 0.214. The maximum Gasteiger partial charge on any atom is 0.264 e. The van der Waals surface area contributed by atoms with E-state index in [0.29, 0.717) is 11.4 Å². The molecule has 1 N–H and O–H groups in total. The minimum atomic E-state index is -0.0119. The molecule has 3 nitrogen and oxygen atoms in total. The molecule has 0 saturated carbocycles. The van der Waals surface area contributed by atoms with Crippen LogP contribution in [0.25, 0.3) is 0 Å². The van der Waals surface area contributed by atoms with Crippen molar-refractivity contribution in [1.82, 2.24) is 4.90 Å². The summed E-state index contributed by atoms with van der Waals surface area (Å²) in [4.78, 5) is 14.6. The maximum atomic E-state index is 12.3. The first-order valence-corrected chi connectivity index (χ1v) is 7.37. The number of benzene rings is 1. The standard InChI is InChI=1S/C14H14BrNO2S/c1-9-6-12(19-13(9)15)14(18)16(2)8-10-4-3-5-11(17)7-10/h3-7,17H,8H2,1-2H3.